The molecule has 0 bridgehead atoms. The van der Waals surface area contributed by atoms with Gasteiger partial charge in [-0.05, 0) is 43.6 Å². The molecular weight excluding hydrogens is 246 g/mol. The SMILES string of the molecule is CNC(=O)C1=C[C@H](C2CC2)C[C@H](OCCCCO)O1. The van der Waals surface area contributed by atoms with E-state index in [1.807, 2.05) is 6.08 Å². The van der Waals surface area contributed by atoms with Crippen molar-refractivity contribution in [2.45, 2.75) is 38.4 Å². The highest BCUT2D eigenvalue weighted by atomic mass is 16.7. The van der Waals surface area contributed by atoms with Crippen LogP contribution < -0.4 is 5.32 Å². The predicted octanol–water partition coefficient (Wildman–Crippen LogP) is 1.18. The Morgan fingerprint density at radius 2 is 2.32 bits per heavy atom. The molecule has 2 atom stereocenters. The zero-order valence-electron chi connectivity index (χ0n) is 11.4. The minimum absolute atomic E-state index is 0.184. The third-order valence-electron chi connectivity index (χ3n) is 3.62. The predicted molar refractivity (Wildman–Crippen MR) is 70.1 cm³/mol. The Labute approximate surface area is 114 Å². The van der Waals surface area contributed by atoms with E-state index in [0.717, 1.165) is 19.3 Å². The molecule has 0 unspecified atom stereocenters. The Hall–Kier alpha value is -1.07. The van der Waals surface area contributed by atoms with Crippen molar-refractivity contribution in [2.75, 3.05) is 20.3 Å². The second kappa shape index (κ2) is 6.91. The van der Waals surface area contributed by atoms with Crippen LogP contribution in [0.1, 0.15) is 32.1 Å². The second-order valence-electron chi connectivity index (χ2n) is 5.20. The highest BCUT2D eigenvalue weighted by Gasteiger charge is 2.36. The van der Waals surface area contributed by atoms with Gasteiger partial charge in [0.25, 0.3) is 5.91 Å². The molecule has 0 saturated heterocycles. The van der Waals surface area contributed by atoms with Gasteiger partial charge in [-0.15, -0.1) is 0 Å². The number of allylic oxidation sites excluding steroid dienone is 1. The summed E-state index contributed by atoms with van der Waals surface area (Å²) in [5.41, 5.74) is 0. The summed E-state index contributed by atoms with van der Waals surface area (Å²) in [5, 5.41) is 11.3. The van der Waals surface area contributed by atoms with E-state index >= 15 is 0 Å². The Kier molecular flexibility index (Phi) is 5.22. The van der Waals surface area contributed by atoms with Gasteiger partial charge in [-0.2, -0.15) is 0 Å². The van der Waals surface area contributed by atoms with Crippen molar-refractivity contribution in [2.24, 2.45) is 11.8 Å². The number of carbonyl (C=O) groups excluding carboxylic acids is 1. The van der Waals surface area contributed by atoms with E-state index < -0.39 is 0 Å². The minimum atomic E-state index is -0.332. The topological polar surface area (TPSA) is 67.8 Å². The molecule has 1 fully saturated rings. The average Bonchev–Trinajstić information content (AvgIpc) is 3.27. The summed E-state index contributed by atoms with van der Waals surface area (Å²) in [4.78, 5) is 11.7. The van der Waals surface area contributed by atoms with Crippen LogP contribution in [-0.2, 0) is 14.3 Å². The molecule has 1 aliphatic carbocycles. The number of rotatable bonds is 7. The maximum absolute atomic E-state index is 11.7. The zero-order chi connectivity index (χ0) is 13.7. The molecule has 5 heteroatoms. The van der Waals surface area contributed by atoms with Gasteiger partial charge in [0, 0.05) is 20.1 Å². The van der Waals surface area contributed by atoms with Crippen LogP contribution in [0.2, 0.25) is 0 Å². The maximum Gasteiger partial charge on any atom is 0.285 e. The first-order chi connectivity index (χ1) is 9.24. The highest BCUT2D eigenvalue weighted by molar-refractivity contribution is 5.91. The van der Waals surface area contributed by atoms with Crippen LogP contribution in [0.3, 0.4) is 0 Å². The number of likely N-dealkylation sites (N-methyl/N-ethyl adjacent to an activating group) is 1. The minimum Gasteiger partial charge on any atom is -0.459 e. The molecular formula is C14H23NO4. The summed E-state index contributed by atoms with van der Waals surface area (Å²) in [6.07, 6.45) is 6.45. The number of carbonyl (C=O) groups is 1. The largest absolute Gasteiger partial charge is 0.459 e. The molecule has 0 radical (unpaired) electrons. The summed E-state index contributed by atoms with van der Waals surface area (Å²) in [5.74, 6) is 1.28. The lowest BCUT2D eigenvalue weighted by molar-refractivity contribution is -0.149. The van der Waals surface area contributed by atoms with Gasteiger partial charge in [-0.3, -0.25) is 4.79 Å². The van der Waals surface area contributed by atoms with Gasteiger partial charge in [0.2, 0.25) is 6.29 Å². The van der Waals surface area contributed by atoms with Gasteiger partial charge in [-0.25, -0.2) is 0 Å². The summed E-state index contributed by atoms with van der Waals surface area (Å²) >= 11 is 0. The van der Waals surface area contributed by atoms with Gasteiger partial charge in [0.05, 0.1) is 6.61 Å². The van der Waals surface area contributed by atoms with E-state index in [1.165, 1.54) is 12.8 Å². The van der Waals surface area contributed by atoms with Crippen molar-refractivity contribution >= 4 is 5.91 Å². The molecule has 2 aliphatic rings. The molecule has 0 aromatic carbocycles. The fourth-order valence-electron chi connectivity index (χ4n) is 2.35. The number of aliphatic hydroxyl groups excluding tert-OH is 1. The molecule has 0 spiro atoms. The van der Waals surface area contributed by atoms with Gasteiger partial charge in [-0.1, -0.05) is 0 Å². The molecule has 2 N–H and O–H groups in total. The van der Waals surface area contributed by atoms with Gasteiger partial charge < -0.3 is 19.9 Å². The Balaban J connectivity index is 1.87. The molecule has 108 valence electrons. The van der Waals surface area contributed by atoms with Crippen molar-refractivity contribution < 1.29 is 19.4 Å². The van der Waals surface area contributed by atoms with Gasteiger partial charge in [0.1, 0.15) is 0 Å². The first kappa shape index (κ1) is 14.3. The standard InChI is InChI=1S/C14H23NO4/c1-15-14(17)12-8-11(10-4-5-10)9-13(19-12)18-7-3-2-6-16/h8,10-11,13,16H,2-7,9H2,1H3,(H,15,17)/t11-,13+/m0/s1. The van der Waals surface area contributed by atoms with E-state index in [0.29, 0.717) is 24.2 Å². The molecule has 0 aromatic heterocycles. The van der Waals surface area contributed by atoms with Crippen molar-refractivity contribution in [3.05, 3.63) is 11.8 Å². The van der Waals surface area contributed by atoms with E-state index in [4.69, 9.17) is 14.6 Å². The molecule has 19 heavy (non-hydrogen) atoms. The van der Waals surface area contributed by atoms with Gasteiger partial charge >= 0.3 is 0 Å². The Morgan fingerprint density at radius 3 is 2.95 bits per heavy atom. The van der Waals surface area contributed by atoms with Crippen LogP contribution >= 0.6 is 0 Å². The van der Waals surface area contributed by atoms with Crippen LogP contribution in [0.15, 0.2) is 11.8 Å². The second-order valence-corrected chi connectivity index (χ2v) is 5.20. The van der Waals surface area contributed by atoms with E-state index in [1.54, 1.807) is 7.05 Å². The van der Waals surface area contributed by atoms with Crippen LogP contribution in [-0.4, -0.2) is 37.6 Å². The lowest BCUT2D eigenvalue weighted by Gasteiger charge is -2.29. The number of unbranched alkanes of at least 4 members (excludes halogenated alkanes) is 1. The number of ether oxygens (including phenoxy) is 2. The fourth-order valence-corrected chi connectivity index (χ4v) is 2.35. The van der Waals surface area contributed by atoms with Crippen molar-refractivity contribution in [1.29, 1.82) is 0 Å². The molecule has 1 aliphatic heterocycles. The first-order valence-corrected chi connectivity index (χ1v) is 7.07. The molecule has 0 aromatic rings. The fraction of sp³-hybridized carbons (Fsp3) is 0.786. The summed E-state index contributed by atoms with van der Waals surface area (Å²) < 4.78 is 11.3. The van der Waals surface area contributed by atoms with E-state index in [-0.39, 0.29) is 18.8 Å². The average molecular weight is 269 g/mol. The van der Waals surface area contributed by atoms with Crippen LogP contribution in [0, 0.1) is 11.8 Å². The Bertz CT molecular complexity index is 338. The monoisotopic (exact) mass is 269 g/mol. The first-order valence-electron chi connectivity index (χ1n) is 7.07. The van der Waals surface area contributed by atoms with Crippen molar-refractivity contribution in [1.82, 2.24) is 5.32 Å². The van der Waals surface area contributed by atoms with Crippen molar-refractivity contribution in [3.8, 4) is 0 Å². The molecule has 1 amide bonds. The lowest BCUT2D eigenvalue weighted by atomic mass is 9.96. The quantitative estimate of drug-likeness (QED) is 0.681. The molecule has 5 nitrogen and oxygen atoms in total. The van der Waals surface area contributed by atoms with E-state index in [2.05, 4.69) is 5.32 Å². The lowest BCUT2D eigenvalue weighted by Crippen LogP contribution is -2.32. The number of hydrogen-bond donors (Lipinski definition) is 2. The summed E-state index contributed by atoms with van der Waals surface area (Å²) in [6.45, 7) is 0.743. The molecule has 1 saturated carbocycles. The smallest absolute Gasteiger partial charge is 0.285 e. The third-order valence-corrected chi connectivity index (χ3v) is 3.62. The number of nitrogens with one attached hydrogen (secondary N) is 1. The number of aliphatic hydroxyl groups is 1. The van der Waals surface area contributed by atoms with Crippen LogP contribution in [0.5, 0.6) is 0 Å². The van der Waals surface area contributed by atoms with Crippen LogP contribution in [0.25, 0.3) is 0 Å². The van der Waals surface area contributed by atoms with E-state index in [9.17, 15) is 4.79 Å². The number of hydrogen-bond acceptors (Lipinski definition) is 4. The zero-order valence-corrected chi connectivity index (χ0v) is 11.4. The molecule has 1 heterocycles. The maximum atomic E-state index is 11.7. The summed E-state index contributed by atoms with van der Waals surface area (Å²) in [7, 11) is 1.60. The van der Waals surface area contributed by atoms with Crippen molar-refractivity contribution in [3.63, 3.8) is 0 Å². The normalized spacial score (nSPS) is 26.5. The highest BCUT2D eigenvalue weighted by Crippen LogP contribution is 2.42. The molecule has 2 rings (SSSR count). The third kappa shape index (κ3) is 4.21. The summed E-state index contributed by atoms with van der Waals surface area (Å²) in [6, 6.07) is 0. The number of amides is 1. The van der Waals surface area contributed by atoms with Crippen LogP contribution in [0.4, 0.5) is 0 Å². The van der Waals surface area contributed by atoms with Gasteiger partial charge in [0.15, 0.2) is 5.76 Å². The Morgan fingerprint density at radius 1 is 1.53 bits per heavy atom.